The molecule has 0 aliphatic heterocycles. The number of anilines is 1. The lowest BCUT2D eigenvalue weighted by molar-refractivity contribution is -0.137. The molecule has 0 atom stereocenters. The number of primary amides is 1. The van der Waals surface area contributed by atoms with Crippen LogP contribution in [0, 0.1) is 0 Å². The van der Waals surface area contributed by atoms with Crippen LogP contribution in [-0.2, 0) is 15.8 Å². The van der Waals surface area contributed by atoms with E-state index in [4.69, 9.17) is 17.3 Å². The highest BCUT2D eigenvalue weighted by molar-refractivity contribution is 6.31. The van der Waals surface area contributed by atoms with Crippen molar-refractivity contribution in [2.75, 3.05) is 11.9 Å². The molecular weight excluding hydrogens is 411 g/mol. The van der Waals surface area contributed by atoms with E-state index in [1.54, 1.807) is 0 Å². The Labute approximate surface area is 168 Å². The minimum Gasteiger partial charge on any atom is -0.368 e. The van der Waals surface area contributed by atoms with Crippen molar-refractivity contribution in [2.45, 2.75) is 6.18 Å². The zero-order valence-electron chi connectivity index (χ0n) is 14.7. The molecule has 3 amide bonds. The standard InChI is InChI=1S/C19H15ClF3N3O3/c20-15-6-4-11(8-14(15)19(21,22)23)5-7-17(28)26-13-3-1-2-12(9-13)18(29)25-10-16(24)27/h1-9H,10H2,(H2,24,27)(H,25,29)(H,26,28)/b7-5+. The van der Waals surface area contributed by atoms with Crippen LogP contribution >= 0.6 is 11.6 Å². The average Bonchev–Trinajstić information content (AvgIpc) is 2.64. The van der Waals surface area contributed by atoms with Crippen LogP contribution in [0.1, 0.15) is 21.5 Å². The molecule has 0 aliphatic rings. The Morgan fingerprint density at radius 1 is 1.10 bits per heavy atom. The molecule has 29 heavy (non-hydrogen) atoms. The van der Waals surface area contributed by atoms with Crippen molar-refractivity contribution < 1.29 is 27.6 Å². The Hall–Kier alpha value is -3.33. The van der Waals surface area contributed by atoms with Gasteiger partial charge >= 0.3 is 6.18 Å². The van der Waals surface area contributed by atoms with Crippen LogP contribution in [0.4, 0.5) is 18.9 Å². The number of halogens is 4. The summed E-state index contributed by atoms with van der Waals surface area (Å²) in [6, 6.07) is 9.12. The van der Waals surface area contributed by atoms with Gasteiger partial charge in [-0.25, -0.2) is 0 Å². The van der Waals surface area contributed by atoms with E-state index in [1.165, 1.54) is 36.4 Å². The van der Waals surface area contributed by atoms with Gasteiger partial charge in [-0.3, -0.25) is 14.4 Å². The zero-order chi connectivity index (χ0) is 21.6. The zero-order valence-corrected chi connectivity index (χ0v) is 15.5. The monoisotopic (exact) mass is 425 g/mol. The van der Waals surface area contributed by atoms with Gasteiger partial charge in [0.1, 0.15) is 0 Å². The van der Waals surface area contributed by atoms with Crippen molar-refractivity contribution in [1.29, 1.82) is 0 Å². The van der Waals surface area contributed by atoms with Crippen LogP contribution in [0.25, 0.3) is 6.08 Å². The van der Waals surface area contributed by atoms with Gasteiger partial charge in [-0.15, -0.1) is 0 Å². The summed E-state index contributed by atoms with van der Waals surface area (Å²) in [6.45, 7) is -0.334. The lowest BCUT2D eigenvalue weighted by atomic mass is 10.1. The lowest BCUT2D eigenvalue weighted by Crippen LogP contribution is -2.33. The summed E-state index contributed by atoms with van der Waals surface area (Å²) in [6.07, 6.45) is -2.37. The Morgan fingerprint density at radius 2 is 1.83 bits per heavy atom. The second-order valence-electron chi connectivity index (χ2n) is 5.79. The number of alkyl halides is 3. The fraction of sp³-hybridized carbons (Fsp3) is 0.105. The number of benzene rings is 2. The Bertz CT molecular complexity index is 975. The fourth-order valence-corrected chi connectivity index (χ4v) is 2.45. The SMILES string of the molecule is NC(=O)CNC(=O)c1cccc(NC(=O)/C=C/c2ccc(Cl)c(C(F)(F)F)c2)c1. The lowest BCUT2D eigenvalue weighted by Gasteiger charge is -2.09. The molecule has 0 bridgehead atoms. The van der Waals surface area contributed by atoms with Gasteiger partial charge in [0, 0.05) is 17.3 Å². The molecule has 0 aliphatic carbocycles. The molecular formula is C19H15ClF3N3O3. The smallest absolute Gasteiger partial charge is 0.368 e. The molecule has 2 aromatic rings. The van der Waals surface area contributed by atoms with Crippen molar-refractivity contribution in [2.24, 2.45) is 5.73 Å². The van der Waals surface area contributed by atoms with Gasteiger partial charge in [0.05, 0.1) is 17.1 Å². The second-order valence-corrected chi connectivity index (χ2v) is 6.20. The van der Waals surface area contributed by atoms with Gasteiger partial charge in [0.25, 0.3) is 5.91 Å². The first-order valence-electron chi connectivity index (χ1n) is 8.08. The van der Waals surface area contributed by atoms with Crippen LogP contribution in [0.2, 0.25) is 5.02 Å². The van der Waals surface area contributed by atoms with Crippen LogP contribution < -0.4 is 16.4 Å². The number of carbonyl (C=O) groups excluding carboxylic acids is 3. The van der Waals surface area contributed by atoms with Crippen molar-refractivity contribution >= 4 is 41.1 Å². The summed E-state index contributed by atoms with van der Waals surface area (Å²) < 4.78 is 38.6. The summed E-state index contributed by atoms with van der Waals surface area (Å²) in [5.41, 5.74) is 4.54. The fourth-order valence-electron chi connectivity index (χ4n) is 2.23. The predicted octanol–water partition coefficient (Wildman–Crippen LogP) is 3.23. The van der Waals surface area contributed by atoms with E-state index >= 15 is 0 Å². The molecule has 0 saturated heterocycles. The first kappa shape index (κ1) is 22.0. The summed E-state index contributed by atoms with van der Waals surface area (Å²) in [5, 5.41) is 4.35. The molecule has 0 aromatic heterocycles. The van der Waals surface area contributed by atoms with E-state index in [2.05, 4.69) is 10.6 Å². The minimum atomic E-state index is -4.61. The van der Waals surface area contributed by atoms with E-state index in [-0.39, 0.29) is 23.4 Å². The minimum absolute atomic E-state index is 0.136. The molecule has 152 valence electrons. The summed E-state index contributed by atoms with van der Waals surface area (Å²) in [5.74, 6) is -1.89. The molecule has 0 heterocycles. The number of amides is 3. The second kappa shape index (κ2) is 9.24. The first-order valence-corrected chi connectivity index (χ1v) is 8.46. The maximum Gasteiger partial charge on any atom is 0.417 e. The van der Waals surface area contributed by atoms with Crippen molar-refractivity contribution in [3.63, 3.8) is 0 Å². The van der Waals surface area contributed by atoms with Crippen LogP contribution in [0.5, 0.6) is 0 Å². The van der Waals surface area contributed by atoms with Crippen LogP contribution in [-0.4, -0.2) is 24.3 Å². The normalized spacial score (nSPS) is 11.3. The first-order chi connectivity index (χ1) is 13.6. The molecule has 2 aromatic carbocycles. The number of nitrogens with one attached hydrogen (secondary N) is 2. The van der Waals surface area contributed by atoms with Gasteiger partial charge in [0.2, 0.25) is 11.8 Å². The van der Waals surface area contributed by atoms with E-state index < -0.39 is 34.5 Å². The topological polar surface area (TPSA) is 101 Å². The maximum absolute atomic E-state index is 12.9. The molecule has 0 spiro atoms. The molecule has 4 N–H and O–H groups in total. The Kier molecular flexibility index (Phi) is 7.00. The maximum atomic E-state index is 12.9. The third-order valence-electron chi connectivity index (χ3n) is 3.54. The number of hydrogen-bond acceptors (Lipinski definition) is 3. The number of hydrogen-bond donors (Lipinski definition) is 3. The highest BCUT2D eigenvalue weighted by atomic mass is 35.5. The van der Waals surface area contributed by atoms with Gasteiger partial charge in [0.15, 0.2) is 0 Å². The van der Waals surface area contributed by atoms with Crippen LogP contribution in [0.3, 0.4) is 0 Å². The summed E-state index contributed by atoms with van der Waals surface area (Å²) in [7, 11) is 0. The molecule has 0 radical (unpaired) electrons. The van der Waals surface area contributed by atoms with E-state index in [1.807, 2.05) is 0 Å². The predicted molar refractivity (Wildman–Crippen MR) is 102 cm³/mol. The molecule has 6 nitrogen and oxygen atoms in total. The summed E-state index contributed by atoms with van der Waals surface area (Å²) >= 11 is 5.55. The third-order valence-corrected chi connectivity index (χ3v) is 3.87. The highest BCUT2D eigenvalue weighted by Crippen LogP contribution is 2.35. The van der Waals surface area contributed by atoms with E-state index in [0.717, 1.165) is 18.2 Å². The van der Waals surface area contributed by atoms with Crippen LogP contribution in [0.15, 0.2) is 48.5 Å². The number of rotatable bonds is 6. The molecule has 10 heteroatoms. The van der Waals surface area contributed by atoms with E-state index in [9.17, 15) is 27.6 Å². The molecule has 0 saturated carbocycles. The molecule has 0 unspecified atom stereocenters. The van der Waals surface area contributed by atoms with Gasteiger partial charge in [-0.2, -0.15) is 13.2 Å². The number of nitrogens with two attached hydrogens (primary N) is 1. The Balaban J connectivity index is 2.07. The van der Waals surface area contributed by atoms with E-state index in [0.29, 0.717) is 0 Å². The Morgan fingerprint density at radius 3 is 2.48 bits per heavy atom. The van der Waals surface area contributed by atoms with Gasteiger partial charge in [-0.05, 0) is 42.0 Å². The molecule has 0 fully saturated rings. The quantitative estimate of drug-likeness (QED) is 0.619. The third kappa shape index (κ3) is 6.65. The average molecular weight is 426 g/mol. The number of carbonyl (C=O) groups is 3. The van der Waals surface area contributed by atoms with Crippen molar-refractivity contribution in [3.8, 4) is 0 Å². The highest BCUT2D eigenvalue weighted by Gasteiger charge is 2.33. The van der Waals surface area contributed by atoms with Gasteiger partial charge in [-0.1, -0.05) is 23.7 Å². The largest absolute Gasteiger partial charge is 0.417 e. The molecule has 2 rings (SSSR count). The van der Waals surface area contributed by atoms with Crippen molar-refractivity contribution in [1.82, 2.24) is 5.32 Å². The van der Waals surface area contributed by atoms with Crippen molar-refractivity contribution in [3.05, 3.63) is 70.3 Å². The van der Waals surface area contributed by atoms with Gasteiger partial charge < -0.3 is 16.4 Å². The summed E-state index contributed by atoms with van der Waals surface area (Å²) in [4.78, 5) is 34.6.